The van der Waals surface area contributed by atoms with Gasteiger partial charge in [0.25, 0.3) is 0 Å². The number of esters is 1. The summed E-state index contributed by atoms with van der Waals surface area (Å²) in [5, 5.41) is 3.53. The van der Waals surface area contributed by atoms with Crippen LogP contribution in [-0.4, -0.2) is 38.9 Å². The zero-order valence-electron chi connectivity index (χ0n) is 12.0. The molecule has 0 unspecified atom stereocenters. The number of carbonyl (C=O) groups excluding carboxylic acids is 1. The van der Waals surface area contributed by atoms with Crippen LogP contribution in [0.25, 0.3) is 0 Å². The lowest BCUT2D eigenvalue weighted by Gasteiger charge is -2.59. The molecule has 108 valence electrons. The van der Waals surface area contributed by atoms with Gasteiger partial charge in [-0.2, -0.15) is 0 Å². The minimum Gasteiger partial charge on any atom is -0.468 e. The summed E-state index contributed by atoms with van der Waals surface area (Å²) >= 11 is 0. The number of methoxy groups -OCH3 is 2. The minimum atomic E-state index is -0.430. The maximum absolute atomic E-state index is 12.5. The summed E-state index contributed by atoms with van der Waals surface area (Å²) in [7, 11) is 3.22. The van der Waals surface area contributed by atoms with Crippen molar-refractivity contribution in [2.24, 2.45) is 23.7 Å². The quantitative estimate of drug-likeness (QED) is 0.607. The van der Waals surface area contributed by atoms with Crippen molar-refractivity contribution in [2.75, 3.05) is 27.4 Å². The Morgan fingerprint density at radius 3 is 2.16 bits per heavy atom. The van der Waals surface area contributed by atoms with Crippen LogP contribution in [0.5, 0.6) is 0 Å². The molecule has 4 heteroatoms. The molecule has 0 heterocycles. The molecule has 0 aromatic rings. The highest BCUT2D eigenvalue weighted by Crippen LogP contribution is 2.58. The molecular formula is C15H25NO3. The largest absolute Gasteiger partial charge is 0.468 e. The molecule has 4 bridgehead atoms. The second-order valence-electron chi connectivity index (χ2n) is 6.58. The molecule has 0 aliphatic heterocycles. The maximum Gasteiger partial charge on any atom is 0.326 e. The molecule has 0 atom stereocenters. The Kier molecular flexibility index (Phi) is 3.56. The van der Waals surface area contributed by atoms with Crippen LogP contribution >= 0.6 is 0 Å². The van der Waals surface area contributed by atoms with E-state index in [0.717, 1.165) is 18.4 Å². The number of hydrogen-bond donors (Lipinski definition) is 1. The van der Waals surface area contributed by atoms with Crippen LogP contribution in [0.2, 0.25) is 0 Å². The molecule has 4 aliphatic rings. The third-order valence-electron chi connectivity index (χ3n) is 5.67. The van der Waals surface area contributed by atoms with Gasteiger partial charge in [-0.05, 0) is 55.8 Å². The number of ether oxygens (including phenoxy) is 2. The molecule has 1 N–H and O–H groups in total. The zero-order valence-corrected chi connectivity index (χ0v) is 12.0. The summed E-state index contributed by atoms with van der Waals surface area (Å²) in [6.45, 7) is 1.37. The SMILES string of the molecule is COCCNC1(C(=O)OC)C2CC3CC(C2)CC1C3. The first-order valence-corrected chi connectivity index (χ1v) is 7.53. The van der Waals surface area contributed by atoms with Crippen molar-refractivity contribution in [3.63, 3.8) is 0 Å². The molecule has 0 radical (unpaired) electrons. The third-order valence-corrected chi connectivity index (χ3v) is 5.67. The Bertz CT molecular complexity index is 327. The van der Waals surface area contributed by atoms with Gasteiger partial charge in [-0.25, -0.2) is 0 Å². The molecule has 4 fully saturated rings. The van der Waals surface area contributed by atoms with Gasteiger partial charge in [0.05, 0.1) is 13.7 Å². The van der Waals surface area contributed by atoms with Crippen molar-refractivity contribution in [1.82, 2.24) is 5.32 Å². The molecule has 4 saturated carbocycles. The molecular weight excluding hydrogens is 242 g/mol. The monoisotopic (exact) mass is 267 g/mol. The van der Waals surface area contributed by atoms with Gasteiger partial charge in [0.2, 0.25) is 0 Å². The standard InChI is InChI=1S/C15H25NO3/c1-18-4-3-16-15(14(17)19-2)12-6-10-5-11(8-12)9-13(15)7-10/h10-13,16H,3-9H2,1-2H3. The lowest BCUT2D eigenvalue weighted by Crippen LogP contribution is -2.69. The highest BCUT2D eigenvalue weighted by Gasteiger charge is 2.61. The highest BCUT2D eigenvalue weighted by molar-refractivity contribution is 5.82. The van der Waals surface area contributed by atoms with Gasteiger partial charge in [0.1, 0.15) is 5.54 Å². The Hall–Kier alpha value is -0.610. The Morgan fingerprint density at radius 2 is 1.68 bits per heavy atom. The lowest BCUT2D eigenvalue weighted by atomic mass is 9.48. The first-order chi connectivity index (χ1) is 9.20. The van der Waals surface area contributed by atoms with E-state index in [0.29, 0.717) is 18.4 Å². The molecule has 0 aromatic heterocycles. The van der Waals surface area contributed by atoms with E-state index in [-0.39, 0.29) is 5.97 Å². The number of hydrogen-bond acceptors (Lipinski definition) is 4. The molecule has 19 heavy (non-hydrogen) atoms. The average molecular weight is 267 g/mol. The summed E-state index contributed by atoms with van der Waals surface area (Å²) < 4.78 is 10.3. The summed E-state index contributed by atoms with van der Waals surface area (Å²) in [6, 6.07) is 0. The topological polar surface area (TPSA) is 47.6 Å². The van der Waals surface area contributed by atoms with Crippen molar-refractivity contribution < 1.29 is 14.3 Å². The van der Waals surface area contributed by atoms with E-state index in [9.17, 15) is 4.79 Å². The van der Waals surface area contributed by atoms with Crippen molar-refractivity contribution in [3.05, 3.63) is 0 Å². The van der Waals surface area contributed by atoms with Crippen LogP contribution in [0.3, 0.4) is 0 Å². The van der Waals surface area contributed by atoms with Crippen LogP contribution in [0.4, 0.5) is 0 Å². The van der Waals surface area contributed by atoms with Gasteiger partial charge in [-0.15, -0.1) is 0 Å². The van der Waals surface area contributed by atoms with Crippen molar-refractivity contribution in [2.45, 2.75) is 37.6 Å². The van der Waals surface area contributed by atoms with Gasteiger partial charge in [-0.3, -0.25) is 10.1 Å². The van der Waals surface area contributed by atoms with Crippen LogP contribution in [0, 0.1) is 23.7 Å². The van der Waals surface area contributed by atoms with E-state index < -0.39 is 5.54 Å². The molecule has 0 spiro atoms. The van der Waals surface area contributed by atoms with E-state index in [1.807, 2.05) is 0 Å². The zero-order chi connectivity index (χ0) is 13.5. The number of rotatable bonds is 5. The summed E-state index contributed by atoms with van der Waals surface area (Å²) in [5.74, 6) is 2.59. The van der Waals surface area contributed by atoms with Crippen LogP contribution in [0.15, 0.2) is 0 Å². The second kappa shape index (κ2) is 5.06. The van der Waals surface area contributed by atoms with E-state index in [1.165, 1.54) is 39.2 Å². The van der Waals surface area contributed by atoms with Crippen LogP contribution < -0.4 is 5.32 Å². The number of nitrogens with one attached hydrogen (secondary N) is 1. The average Bonchev–Trinajstić information content (AvgIpc) is 2.40. The summed E-state index contributed by atoms with van der Waals surface area (Å²) in [4.78, 5) is 12.5. The van der Waals surface area contributed by atoms with Gasteiger partial charge in [-0.1, -0.05) is 0 Å². The smallest absolute Gasteiger partial charge is 0.326 e. The van der Waals surface area contributed by atoms with Gasteiger partial charge in [0, 0.05) is 13.7 Å². The Labute approximate surface area is 115 Å². The van der Waals surface area contributed by atoms with E-state index in [4.69, 9.17) is 9.47 Å². The highest BCUT2D eigenvalue weighted by atomic mass is 16.5. The van der Waals surface area contributed by atoms with Gasteiger partial charge < -0.3 is 9.47 Å². The Morgan fingerprint density at radius 1 is 1.11 bits per heavy atom. The second-order valence-corrected chi connectivity index (χ2v) is 6.58. The summed E-state index contributed by atoms with van der Waals surface area (Å²) in [5.41, 5.74) is -0.430. The first-order valence-electron chi connectivity index (χ1n) is 7.53. The third kappa shape index (κ3) is 2.00. The molecule has 0 saturated heterocycles. The van der Waals surface area contributed by atoms with Gasteiger partial charge >= 0.3 is 5.97 Å². The first kappa shape index (κ1) is 13.4. The molecule has 4 rings (SSSR count). The minimum absolute atomic E-state index is 0.0441. The van der Waals surface area contributed by atoms with Gasteiger partial charge in [0.15, 0.2) is 0 Å². The van der Waals surface area contributed by atoms with Crippen molar-refractivity contribution >= 4 is 5.97 Å². The number of carbonyl (C=O) groups is 1. The Balaban J connectivity index is 1.84. The molecule has 4 nitrogen and oxygen atoms in total. The fourth-order valence-corrected chi connectivity index (χ4v) is 5.15. The van der Waals surface area contributed by atoms with Crippen LogP contribution in [-0.2, 0) is 14.3 Å². The normalized spacial score (nSPS) is 43.5. The predicted molar refractivity (Wildman–Crippen MR) is 71.7 cm³/mol. The van der Waals surface area contributed by atoms with Crippen molar-refractivity contribution in [3.8, 4) is 0 Å². The molecule has 0 amide bonds. The predicted octanol–water partition coefficient (Wildman–Crippen LogP) is 1.59. The van der Waals surface area contributed by atoms with E-state index in [1.54, 1.807) is 7.11 Å². The van der Waals surface area contributed by atoms with Crippen LogP contribution in [0.1, 0.15) is 32.1 Å². The maximum atomic E-state index is 12.5. The van der Waals surface area contributed by atoms with E-state index in [2.05, 4.69) is 5.32 Å². The van der Waals surface area contributed by atoms with Crippen molar-refractivity contribution in [1.29, 1.82) is 0 Å². The molecule has 0 aromatic carbocycles. The fourth-order valence-electron chi connectivity index (χ4n) is 5.15. The summed E-state index contributed by atoms with van der Waals surface area (Å²) in [6.07, 6.45) is 6.18. The molecule has 4 aliphatic carbocycles. The fraction of sp³-hybridized carbons (Fsp3) is 0.933. The van der Waals surface area contributed by atoms with E-state index >= 15 is 0 Å². The lowest BCUT2D eigenvalue weighted by molar-refractivity contribution is -0.168.